The van der Waals surface area contributed by atoms with Gasteiger partial charge in [0.25, 0.3) is 0 Å². The van der Waals surface area contributed by atoms with Gasteiger partial charge in [-0.15, -0.1) is 0 Å². The van der Waals surface area contributed by atoms with E-state index in [0.29, 0.717) is 5.31 Å². The van der Waals surface area contributed by atoms with E-state index in [2.05, 4.69) is 32.9 Å². The lowest BCUT2D eigenvalue weighted by Crippen LogP contribution is -2.01. The maximum atomic E-state index is 12.3. The van der Waals surface area contributed by atoms with Gasteiger partial charge < -0.3 is 14.2 Å². The fraction of sp³-hybridized carbons (Fsp3) is 0.647. The molecule has 4 nitrogen and oxygen atoms in total. The van der Waals surface area contributed by atoms with Crippen LogP contribution in [0.2, 0.25) is 0 Å². The highest BCUT2D eigenvalue weighted by atomic mass is 31.2. The van der Waals surface area contributed by atoms with Gasteiger partial charge in [0.1, 0.15) is 0 Å². The third-order valence-corrected chi connectivity index (χ3v) is 5.70. The smallest absolute Gasteiger partial charge is 0.359 e. The van der Waals surface area contributed by atoms with E-state index < -0.39 is 7.60 Å². The minimum atomic E-state index is -3.34. The van der Waals surface area contributed by atoms with Crippen LogP contribution < -0.4 is 0 Å². The second-order valence-corrected chi connectivity index (χ2v) is 7.92. The van der Waals surface area contributed by atoms with Gasteiger partial charge in [0, 0.05) is 14.2 Å². The Morgan fingerprint density at radius 2 is 1.55 bits per heavy atom. The lowest BCUT2D eigenvalue weighted by atomic mass is 10.1. The van der Waals surface area contributed by atoms with Gasteiger partial charge in [0.15, 0.2) is 0 Å². The van der Waals surface area contributed by atoms with Crippen molar-refractivity contribution in [3.8, 4) is 0 Å². The Hall–Kier alpha value is -0.670. The molecule has 0 aromatic carbocycles. The maximum Gasteiger partial charge on any atom is 0.359 e. The number of aliphatic hydroxyl groups is 1. The molecule has 0 atom stereocenters. The van der Waals surface area contributed by atoms with Gasteiger partial charge in [0.05, 0.1) is 11.9 Å². The molecule has 1 N–H and O–H groups in total. The molecule has 0 bridgehead atoms. The first-order valence-electron chi connectivity index (χ1n) is 7.61. The Bertz CT molecular complexity index is 463. The van der Waals surface area contributed by atoms with Crippen molar-refractivity contribution < 1.29 is 18.7 Å². The van der Waals surface area contributed by atoms with E-state index in [4.69, 9.17) is 9.05 Å². The van der Waals surface area contributed by atoms with Crippen molar-refractivity contribution in [3.63, 3.8) is 0 Å². The quantitative estimate of drug-likeness (QED) is 0.441. The normalized spacial score (nSPS) is 13.9. The highest BCUT2D eigenvalue weighted by Gasteiger charge is 2.28. The third-order valence-electron chi connectivity index (χ3n) is 3.56. The van der Waals surface area contributed by atoms with Gasteiger partial charge in [-0.25, -0.2) is 0 Å². The molecule has 0 radical (unpaired) electrons. The van der Waals surface area contributed by atoms with E-state index in [1.165, 1.54) is 25.4 Å². The Balaban J connectivity index is 4.70. The Labute approximate surface area is 135 Å². The van der Waals surface area contributed by atoms with Gasteiger partial charge in [-0.05, 0) is 53.4 Å². The number of aliphatic hydroxyl groups excluding tert-OH is 1. The predicted molar refractivity (Wildman–Crippen MR) is 93.1 cm³/mol. The number of rotatable bonds is 10. The van der Waals surface area contributed by atoms with Crippen LogP contribution in [0.4, 0.5) is 0 Å². The van der Waals surface area contributed by atoms with Gasteiger partial charge in [0.2, 0.25) is 0 Å². The van der Waals surface area contributed by atoms with Crippen LogP contribution in [0.5, 0.6) is 0 Å². The van der Waals surface area contributed by atoms with Crippen molar-refractivity contribution in [1.29, 1.82) is 0 Å². The fourth-order valence-corrected chi connectivity index (χ4v) is 3.46. The van der Waals surface area contributed by atoms with Gasteiger partial charge >= 0.3 is 7.60 Å². The van der Waals surface area contributed by atoms with Crippen LogP contribution in [0.15, 0.2) is 34.2 Å². The molecule has 0 spiro atoms. The zero-order chi connectivity index (χ0) is 17.2. The second kappa shape index (κ2) is 11.0. The summed E-state index contributed by atoms with van der Waals surface area (Å²) in [6.07, 6.45) is 8.12. The monoisotopic (exact) mass is 330 g/mol. The van der Waals surface area contributed by atoms with E-state index in [0.717, 1.165) is 31.3 Å². The Morgan fingerprint density at radius 3 is 2.00 bits per heavy atom. The molecule has 0 rings (SSSR count). The summed E-state index contributed by atoms with van der Waals surface area (Å²) in [6, 6.07) is 0. The average molecular weight is 330 g/mol. The highest BCUT2D eigenvalue weighted by molar-refractivity contribution is 7.58. The van der Waals surface area contributed by atoms with Crippen LogP contribution >= 0.6 is 7.60 Å². The summed E-state index contributed by atoms with van der Waals surface area (Å²) in [4.78, 5) is 0. The summed E-state index contributed by atoms with van der Waals surface area (Å²) in [5.74, 6) is 0. The zero-order valence-electron chi connectivity index (χ0n) is 14.8. The largest absolute Gasteiger partial charge is 0.391 e. The van der Waals surface area contributed by atoms with Crippen molar-refractivity contribution in [3.05, 3.63) is 34.2 Å². The molecule has 0 aliphatic heterocycles. The maximum absolute atomic E-state index is 12.3. The molecule has 22 heavy (non-hydrogen) atoms. The first-order valence-corrected chi connectivity index (χ1v) is 9.15. The molecule has 0 fully saturated rings. The molecule has 0 heterocycles. The molecule has 128 valence electrons. The molecule has 0 amide bonds. The predicted octanol–water partition coefficient (Wildman–Crippen LogP) is 5.21. The summed E-state index contributed by atoms with van der Waals surface area (Å²) in [6.45, 7) is 7.89. The molecular formula is C17H31O4P. The summed E-state index contributed by atoms with van der Waals surface area (Å²) in [5, 5.41) is 9.83. The molecule has 0 aliphatic carbocycles. The summed E-state index contributed by atoms with van der Waals surface area (Å²) in [5.41, 5.74) is 3.55. The Kier molecular flexibility index (Phi) is 10.6. The summed E-state index contributed by atoms with van der Waals surface area (Å²) >= 11 is 0. The Morgan fingerprint density at radius 1 is 1.00 bits per heavy atom. The number of hydrogen-bond donors (Lipinski definition) is 1. The highest BCUT2D eigenvalue weighted by Crippen LogP contribution is 2.55. The lowest BCUT2D eigenvalue weighted by molar-refractivity contribution is 0.269. The van der Waals surface area contributed by atoms with Gasteiger partial charge in [-0.1, -0.05) is 28.9 Å². The van der Waals surface area contributed by atoms with Crippen molar-refractivity contribution in [1.82, 2.24) is 0 Å². The molecular weight excluding hydrogens is 299 g/mol. The minimum Gasteiger partial charge on any atom is -0.391 e. The van der Waals surface area contributed by atoms with Crippen LogP contribution in [0.1, 0.15) is 53.4 Å². The van der Waals surface area contributed by atoms with Crippen molar-refractivity contribution in [2.75, 3.05) is 20.8 Å². The fourth-order valence-electron chi connectivity index (χ4n) is 2.12. The lowest BCUT2D eigenvalue weighted by Gasteiger charge is -2.18. The molecule has 0 saturated heterocycles. The molecule has 0 aromatic heterocycles. The van der Waals surface area contributed by atoms with Crippen LogP contribution in [0, 0.1) is 0 Å². The van der Waals surface area contributed by atoms with E-state index in [1.54, 1.807) is 0 Å². The molecule has 5 heteroatoms. The number of hydrogen-bond acceptors (Lipinski definition) is 4. The van der Waals surface area contributed by atoms with Crippen LogP contribution in [-0.4, -0.2) is 25.9 Å². The van der Waals surface area contributed by atoms with Gasteiger partial charge in [-0.3, -0.25) is 4.57 Å². The number of allylic oxidation sites excluding steroid dienone is 5. The van der Waals surface area contributed by atoms with Crippen LogP contribution in [-0.2, 0) is 13.6 Å². The first kappa shape index (κ1) is 21.3. The molecule has 0 aliphatic rings. The summed E-state index contributed by atoms with van der Waals surface area (Å²) < 4.78 is 22.3. The summed E-state index contributed by atoms with van der Waals surface area (Å²) in [7, 11) is -0.671. The van der Waals surface area contributed by atoms with Crippen LogP contribution in [0.25, 0.3) is 0 Å². The van der Waals surface area contributed by atoms with E-state index in [9.17, 15) is 9.67 Å². The van der Waals surface area contributed by atoms with Crippen LogP contribution in [0.3, 0.4) is 0 Å². The first-order chi connectivity index (χ1) is 10.3. The molecule has 0 unspecified atom stereocenters. The van der Waals surface area contributed by atoms with Crippen molar-refractivity contribution in [2.24, 2.45) is 0 Å². The van der Waals surface area contributed by atoms with Gasteiger partial charge in [-0.2, -0.15) is 0 Å². The topological polar surface area (TPSA) is 55.8 Å². The second-order valence-electron chi connectivity index (χ2n) is 5.66. The SMILES string of the molecule is COP(=O)(OC)/C(CO)=C(\C)CC/C=C(\C)CCC=C(C)C. The van der Waals surface area contributed by atoms with E-state index in [1.807, 2.05) is 6.92 Å². The van der Waals surface area contributed by atoms with Crippen molar-refractivity contribution in [2.45, 2.75) is 53.4 Å². The molecule has 0 saturated carbocycles. The average Bonchev–Trinajstić information content (AvgIpc) is 2.47. The standard InChI is InChI=1S/C17H31O4P/c1-14(2)9-7-10-15(3)11-8-12-16(4)17(13-18)22(19,20-5)21-6/h9,11,18H,7-8,10,12-13H2,1-6H3/b15-11+,17-16+. The third kappa shape index (κ3) is 7.55. The van der Waals surface area contributed by atoms with E-state index in [-0.39, 0.29) is 6.61 Å². The zero-order valence-corrected chi connectivity index (χ0v) is 15.7. The minimum absolute atomic E-state index is 0.311. The van der Waals surface area contributed by atoms with E-state index >= 15 is 0 Å². The molecule has 0 aromatic rings. The van der Waals surface area contributed by atoms with Crippen molar-refractivity contribution >= 4 is 7.60 Å².